The highest BCUT2D eigenvalue weighted by Crippen LogP contribution is 2.16. The molecule has 9 heteroatoms. The number of non-ortho nitro benzene ring substituents is 1. The third kappa shape index (κ3) is 4.61. The van der Waals surface area contributed by atoms with Gasteiger partial charge in [-0.15, -0.1) is 0 Å². The zero-order valence-electron chi connectivity index (χ0n) is 14.1. The summed E-state index contributed by atoms with van der Waals surface area (Å²) in [5.74, 6) is -0.730. The van der Waals surface area contributed by atoms with Crippen LogP contribution in [-0.2, 0) is 0 Å². The number of nitrogens with one attached hydrogen (secondary N) is 2. The van der Waals surface area contributed by atoms with E-state index in [-0.39, 0.29) is 22.3 Å². The number of thiocarbonyl (C=S) groups is 1. The monoisotopic (exact) mass is 372 g/mol. The van der Waals surface area contributed by atoms with Crippen molar-refractivity contribution in [1.29, 1.82) is 0 Å². The first-order valence-corrected chi connectivity index (χ1v) is 7.88. The molecule has 0 heterocycles. The molecule has 0 fully saturated rings. The average molecular weight is 372 g/mol. The van der Waals surface area contributed by atoms with Crippen molar-refractivity contribution in [1.82, 2.24) is 10.2 Å². The Kier molecular flexibility index (Phi) is 5.97. The van der Waals surface area contributed by atoms with Gasteiger partial charge in [0, 0.05) is 31.8 Å². The van der Waals surface area contributed by atoms with Crippen molar-refractivity contribution in [3.63, 3.8) is 0 Å². The summed E-state index contributed by atoms with van der Waals surface area (Å²) in [7, 11) is 3.27. The van der Waals surface area contributed by atoms with Gasteiger partial charge in [-0.2, -0.15) is 0 Å². The molecule has 26 heavy (non-hydrogen) atoms. The fourth-order valence-electron chi connectivity index (χ4n) is 2.08. The van der Waals surface area contributed by atoms with E-state index in [1.165, 1.54) is 29.2 Å². The molecule has 2 rings (SSSR count). The molecule has 0 radical (unpaired) electrons. The van der Waals surface area contributed by atoms with Crippen LogP contribution in [0.5, 0.6) is 0 Å². The number of nitrogens with zero attached hydrogens (tertiary/aromatic N) is 2. The maximum absolute atomic E-state index is 12.2. The van der Waals surface area contributed by atoms with E-state index in [2.05, 4.69) is 10.6 Å². The Labute approximate surface area is 155 Å². The summed E-state index contributed by atoms with van der Waals surface area (Å²) in [6.07, 6.45) is 0. The first-order valence-electron chi connectivity index (χ1n) is 7.47. The van der Waals surface area contributed by atoms with Gasteiger partial charge in [-0.3, -0.25) is 25.0 Å². The van der Waals surface area contributed by atoms with Crippen LogP contribution < -0.4 is 10.6 Å². The van der Waals surface area contributed by atoms with E-state index < -0.39 is 10.8 Å². The molecule has 0 bridgehead atoms. The number of para-hydroxylation sites is 1. The number of rotatable bonds is 4. The molecule has 0 spiro atoms. The molecule has 0 unspecified atom stereocenters. The van der Waals surface area contributed by atoms with Gasteiger partial charge < -0.3 is 10.2 Å². The molecular formula is C17H16N4O4S. The summed E-state index contributed by atoms with van der Waals surface area (Å²) >= 11 is 5.12. The van der Waals surface area contributed by atoms with Crippen LogP contribution in [-0.4, -0.2) is 40.8 Å². The van der Waals surface area contributed by atoms with Crippen LogP contribution in [0.3, 0.4) is 0 Å². The van der Waals surface area contributed by atoms with E-state index >= 15 is 0 Å². The number of anilines is 1. The van der Waals surface area contributed by atoms with Crippen LogP contribution >= 0.6 is 12.2 Å². The van der Waals surface area contributed by atoms with Gasteiger partial charge in [0.25, 0.3) is 17.5 Å². The van der Waals surface area contributed by atoms with Gasteiger partial charge in [-0.25, -0.2) is 0 Å². The molecule has 0 saturated heterocycles. The van der Waals surface area contributed by atoms with Crippen molar-refractivity contribution < 1.29 is 14.5 Å². The smallest absolute Gasteiger partial charge is 0.269 e. The molecule has 134 valence electrons. The third-order valence-corrected chi connectivity index (χ3v) is 3.58. The molecule has 0 aromatic heterocycles. The second kappa shape index (κ2) is 8.17. The van der Waals surface area contributed by atoms with Crippen LogP contribution in [0.15, 0.2) is 48.5 Å². The molecular weight excluding hydrogens is 356 g/mol. The Bertz CT molecular complexity index is 865. The number of hydrogen-bond acceptors (Lipinski definition) is 5. The maximum Gasteiger partial charge on any atom is 0.269 e. The fourth-order valence-corrected chi connectivity index (χ4v) is 2.29. The lowest BCUT2D eigenvalue weighted by Crippen LogP contribution is -2.35. The highest BCUT2D eigenvalue weighted by atomic mass is 32.1. The van der Waals surface area contributed by atoms with Gasteiger partial charge in [-0.1, -0.05) is 12.1 Å². The topological polar surface area (TPSA) is 105 Å². The first kappa shape index (κ1) is 19.0. The molecule has 2 aromatic rings. The largest absolute Gasteiger partial charge is 0.345 e. The molecule has 0 aliphatic rings. The minimum Gasteiger partial charge on any atom is -0.345 e. The minimum absolute atomic E-state index is 0.00681. The van der Waals surface area contributed by atoms with E-state index in [4.69, 9.17) is 12.2 Å². The Morgan fingerprint density at radius 2 is 1.69 bits per heavy atom. The van der Waals surface area contributed by atoms with Gasteiger partial charge in [0.2, 0.25) is 0 Å². The summed E-state index contributed by atoms with van der Waals surface area (Å²) in [6, 6.07) is 11.9. The van der Waals surface area contributed by atoms with Crippen LogP contribution in [0.4, 0.5) is 11.4 Å². The Morgan fingerprint density at radius 3 is 2.27 bits per heavy atom. The Morgan fingerprint density at radius 1 is 1.08 bits per heavy atom. The summed E-state index contributed by atoms with van der Waals surface area (Å²) in [5.41, 5.74) is 0.973. The van der Waals surface area contributed by atoms with E-state index in [0.717, 1.165) is 0 Å². The Balaban J connectivity index is 2.08. The second-order valence-corrected chi connectivity index (χ2v) is 5.87. The van der Waals surface area contributed by atoms with Crippen molar-refractivity contribution in [3.05, 3.63) is 69.8 Å². The van der Waals surface area contributed by atoms with Gasteiger partial charge in [0.1, 0.15) is 0 Å². The minimum atomic E-state index is -0.549. The quantitative estimate of drug-likeness (QED) is 0.485. The molecule has 2 N–H and O–H groups in total. The summed E-state index contributed by atoms with van der Waals surface area (Å²) < 4.78 is 0. The van der Waals surface area contributed by atoms with E-state index in [1.807, 2.05) is 0 Å². The van der Waals surface area contributed by atoms with Crippen LogP contribution in [0.2, 0.25) is 0 Å². The molecule has 0 atom stereocenters. The molecule has 8 nitrogen and oxygen atoms in total. The van der Waals surface area contributed by atoms with Crippen molar-refractivity contribution >= 4 is 40.5 Å². The first-order chi connectivity index (χ1) is 12.3. The van der Waals surface area contributed by atoms with Crippen LogP contribution in [0.1, 0.15) is 20.7 Å². The highest BCUT2D eigenvalue weighted by molar-refractivity contribution is 7.80. The second-order valence-electron chi connectivity index (χ2n) is 5.46. The molecule has 0 aliphatic heterocycles. The standard InChI is InChI=1S/C17H16N4O4S/c1-20(2)16(23)13-5-3-4-6-14(13)18-17(26)19-15(22)11-7-9-12(10-8-11)21(24)25/h3-10H,1-2H3,(H2,18,19,22,26). The highest BCUT2D eigenvalue weighted by Gasteiger charge is 2.15. The van der Waals surface area contributed by atoms with Gasteiger partial charge in [0.15, 0.2) is 5.11 Å². The molecule has 0 aliphatic carbocycles. The zero-order chi connectivity index (χ0) is 19.3. The van der Waals surface area contributed by atoms with Crippen molar-refractivity contribution in [3.8, 4) is 0 Å². The number of hydrogen-bond donors (Lipinski definition) is 2. The number of carbonyl (C=O) groups is 2. The normalized spacial score (nSPS) is 9.92. The molecule has 2 amide bonds. The number of nitro groups is 1. The summed E-state index contributed by atoms with van der Waals surface area (Å²) in [5, 5.41) is 15.9. The molecule has 2 aromatic carbocycles. The number of benzene rings is 2. The van der Waals surface area contributed by atoms with Crippen molar-refractivity contribution in [2.45, 2.75) is 0 Å². The Hall–Kier alpha value is -3.33. The van der Waals surface area contributed by atoms with E-state index in [1.54, 1.807) is 38.4 Å². The lowest BCUT2D eigenvalue weighted by Gasteiger charge is -2.16. The maximum atomic E-state index is 12.2. The lowest BCUT2D eigenvalue weighted by molar-refractivity contribution is -0.384. The fraction of sp³-hybridized carbons (Fsp3) is 0.118. The number of nitro benzene ring substituents is 1. The lowest BCUT2D eigenvalue weighted by atomic mass is 10.1. The number of carbonyl (C=O) groups excluding carboxylic acids is 2. The van der Waals surface area contributed by atoms with Gasteiger partial charge in [0.05, 0.1) is 16.2 Å². The predicted octanol–water partition coefficient (Wildman–Crippen LogP) is 2.42. The van der Waals surface area contributed by atoms with E-state index in [0.29, 0.717) is 11.3 Å². The third-order valence-electron chi connectivity index (χ3n) is 3.38. The average Bonchev–Trinajstić information content (AvgIpc) is 2.61. The van der Waals surface area contributed by atoms with Crippen LogP contribution in [0.25, 0.3) is 0 Å². The van der Waals surface area contributed by atoms with Crippen molar-refractivity contribution in [2.75, 3.05) is 19.4 Å². The zero-order valence-corrected chi connectivity index (χ0v) is 14.9. The SMILES string of the molecule is CN(C)C(=O)c1ccccc1NC(=S)NC(=O)c1ccc([N+](=O)[O-])cc1. The summed E-state index contributed by atoms with van der Waals surface area (Å²) in [4.78, 5) is 35.9. The van der Waals surface area contributed by atoms with E-state index in [9.17, 15) is 19.7 Å². The van der Waals surface area contributed by atoms with Crippen LogP contribution in [0, 0.1) is 10.1 Å². The van der Waals surface area contributed by atoms with Crippen molar-refractivity contribution in [2.24, 2.45) is 0 Å². The van der Waals surface area contributed by atoms with Gasteiger partial charge in [-0.05, 0) is 36.5 Å². The number of amides is 2. The van der Waals surface area contributed by atoms with Gasteiger partial charge >= 0.3 is 0 Å². The summed E-state index contributed by atoms with van der Waals surface area (Å²) in [6.45, 7) is 0. The molecule has 0 saturated carbocycles. The predicted molar refractivity (Wildman–Crippen MR) is 101 cm³/mol.